The molecule has 3 heterocycles. The van der Waals surface area contributed by atoms with Gasteiger partial charge < -0.3 is 39.9 Å². The number of anilines is 2. The Labute approximate surface area is 271 Å². The molecule has 12 nitrogen and oxygen atoms in total. The first kappa shape index (κ1) is 32.8. The van der Waals surface area contributed by atoms with Crippen LogP contribution in [0.3, 0.4) is 0 Å². The van der Waals surface area contributed by atoms with Crippen LogP contribution in [0.15, 0.2) is 66.0 Å². The first-order chi connectivity index (χ1) is 22.2. The molecular formula is C33H39N5O7S. The van der Waals surface area contributed by atoms with Crippen LogP contribution in [-0.2, 0) is 14.3 Å². The number of carboxylic acid groups (broad SMARTS) is 1. The van der Waals surface area contributed by atoms with Gasteiger partial charge in [0.1, 0.15) is 5.75 Å². The van der Waals surface area contributed by atoms with Crippen LogP contribution in [-0.4, -0.2) is 96.8 Å². The zero-order valence-electron chi connectivity index (χ0n) is 25.9. The van der Waals surface area contributed by atoms with Crippen molar-refractivity contribution < 1.29 is 33.8 Å². The number of nitrogens with zero attached hydrogens (tertiary/aromatic N) is 3. The summed E-state index contributed by atoms with van der Waals surface area (Å²) in [7, 11) is 0. The number of benzene rings is 2. The van der Waals surface area contributed by atoms with Crippen LogP contribution < -0.4 is 20.3 Å². The van der Waals surface area contributed by atoms with Crippen molar-refractivity contribution in [3.8, 4) is 5.75 Å². The third kappa shape index (κ3) is 8.15. The number of rotatable bonds is 10. The molecular weight excluding hydrogens is 610 g/mol. The van der Waals surface area contributed by atoms with E-state index in [1.54, 1.807) is 42.5 Å². The van der Waals surface area contributed by atoms with Gasteiger partial charge in [0.2, 0.25) is 0 Å². The number of carbonyl (C=O) groups excluding carboxylic acids is 3. The number of carboxylic acids is 1. The lowest BCUT2D eigenvalue weighted by Gasteiger charge is -2.47. The van der Waals surface area contributed by atoms with Gasteiger partial charge in [-0.3, -0.25) is 14.4 Å². The molecule has 3 atom stereocenters. The number of morpholine rings is 1. The average molecular weight is 650 g/mol. The Morgan fingerprint density at radius 1 is 1.00 bits per heavy atom. The zero-order chi connectivity index (χ0) is 32.6. The summed E-state index contributed by atoms with van der Waals surface area (Å²) >= 11 is 1.37. The molecule has 46 heavy (non-hydrogen) atoms. The number of aliphatic carboxylic acids is 1. The van der Waals surface area contributed by atoms with Gasteiger partial charge in [0, 0.05) is 48.7 Å². The summed E-state index contributed by atoms with van der Waals surface area (Å²) in [5.41, 5.74) is 1.37. The second-order valence-corrected chi connectivity index (χ2v) is 12.4. The van der Waals surface area contributed by atoms with Gasteiger partial charge in [-0.05, 0) is 55.6 Å². The molecule has 2 aromatic carbocycles. The van der Waals surface area contributed by atoms with Crippen molar-refractivity contribution in [1.82, 2.24) is 15.1 Å². The van der Waals surface area contributed by atoms with Crippen molar-refractivity contribution in [3.05, 3.63) is 76.5 Å². The summed E-state index contributed by atoms with van der Waals surface area (Å²) in [6.45, 7) is 6.93. The van der Waals surface area contributed by atoms with Crippen LogP contribution in [0.1, 0.15) is 41.5 Å². The van der Waals surface area contributed by atoms with Crippen LogP contribution in [0.25, 0.3) is 0 Å². The van der Waals surface area contributed by atoms with Crippen molar-refractivity contribution in [3.63, 3.8) is 0 Å². The van der Waals surface area contributed by atoms with Gasteiger partial charge in [0.15, 0.2) is 6.61 Å². The molecule has 0 radical (unpaired) electrons. The molecule has 3 unspecified atom stereocenters. The first-order valence-corrected chi connectivity index (χ1v) is 16.1. The fourth-order valence-corrected chi connectivity index (χ4v) is 6.45. The molecule has 3 N–H and O–H groups in total. The summed E-state index contributed by atoms with van der Waals surface area (Å²) in [5, 5.41) is 17.0. The van der Waals surface area contributed by atoms with Gasteiger partial charge in [-0.2, -0.15) is 0 Å². The van der Waals surface area contributed by atoms with Gasteiger partial charge in [-0.1, -0.05) is 24.3 Å². The largest absolute Gasteiger partial charge is 0.484 e. The number of thiophene rings is 1. The Morgan fingerprint density at radius 2 is 1.76 bits per heavy atom. The van der Waals surface area contributed by atoms with E-state index in [1.165, 1.54) is 11.3 Å². The quantitative estimate of drug-likeness (QED) is 0.299. The average Bonchev–Trinajstić information content (AvgIpc) is 3.60. The number of urea groups is 1. The van der Waals surface area contributed by atoms with Crippen LogP contribution in [0.5, 0.6) is 5.75 Å². The molecule has 2 aliphatic rings. The van der Waals surface area contributed by atoms with E-state index in [0.717, 1.165) is 4.88 Å². The maximum atomic E-state index is 13.4. The summed E-state index contributed by atoms with van der Waals surface area (Å²) in [5.74, 6) is -1.36. The van der Waals surface area contributed by atoms with Crippen molar-refractivity contribution in [2.45, 2.75) is 38.4 Å². The number of hydrogen-bond donors (Lipinski definition) is 3. The molecule has 2 saturated heterocycles. The van der Waals surface area contributed by atoms with Crippen LogP contribution >= 0.6 is 11.3 Å². The molecule has 5 rings (SSSR count). The van der Waals surface area contributed by atoms with Crippen molar-refractivity contribution in [2.24, 2.45) is 0 Å². The van der Waals surface area contributed by atoms with Crippen LogP contribution in [0, 0.1) is 0 Å². The molecule has 13 heteroatoms. The van der Waals surface area contributed by atoms with E-state index in [9.17, 15) is 24.3 Å². The summed E-state index contributed by atoms with van der Waals surface area (Å²) in [4.78, 5) is 58.0. The topological polar surface area (TPSA) is 141 Å². The maximum absolute atomic E-state index is 13.4. The molecule has 0 aliphatic carbocycles. The summed E-state index contributed by atoms with van der Waals surface area (Å²) in [6.07, 6.45) is -0.270. The van der Waals surface area contributed by atoms with Gasteiger partial charge in [-0.25, -0.2) is 4.79 Å². The normalized spacial score (nSPS) is 18.9. The molecule has 1 aromatic heterocycles. The SMILES string of the molecule is CC1CN(c2ccc(C(=O)NC(CC(=O)O)c3cccs3)cc2NC(=O)COc2ccccc2)C(C)CN1C(=O)N1CCOCC1. The minimum atomic E-state index is -1.03. The zero-order valence-corrected chi connectivity index (χ0v) is 26.7. The Kier molecular flexibility index (Phi) is 10.8. The number of piperazine rings is 1. The van der Waals surface area contributed by atoms with Gasteiger partial charge in [-0.15, -0.1) is 11.3 Å². The third-order valence-electron chi connectivity index (χ3n) is 8.04. The predicted molar refractivity (Wildman–Crippen MR) is 175 cm³/mol. The third-order valence-corrected chi connectivity index (χ3v) is 9.03. The monoisotopic (exact) mass is 649 g/mol. The lowest BCUT2D eigenvalue weighted by molar-refractivity contribution is -0.137. The van der Waals surface area contributed by atoms with E-state index in [1.807, 2.05) is 47.2 Å². The number of para-hydroxylation sites is 1. The lowest BCUT2D eigenvalue weighted by Crippen LogP contribution is -2.61. The van der Waals surface area contributed by atoms with E-state index < -0.39 is 23.8 Å². The Bertz CT molecular complexity index is 1510. The van der Waals surface area contributed by atoms with Gasteiger partial charge >= 0.3 is 12.0 Å². The minimum Gasteiger partial charge on any atom is -0.484 e. The van der Waals surface area contributed by atoms with E-state index in [0.29, 0.717) is 56.5 Å². The highest BCUT2D eigenvalue weighted by Gasteiger charge is 2.36. The standard InChI is InChI=1S/C33H39N5O7S/c1-22-20-38(33(43)36-12-14-44-15-13-36)23(2)19-37(22)28-11-10-24(32(42)35-27(18-31(40)41)29-9-6-16-46-29)17-26(28)34-30(39)21-45-25-7-4-3-5-8-25/h3-11,16-17,22-23,27H,12-15,18-21H2,1-2H3,(H,34,39)(H,35,42)(H,40,41). The molecule has 2 fully saturated rings. The molecule has 4 amide bonds. The van der Waals surface area contributed by atoms with Crippen molar-refractivity contribution in [2.75, 3.05) is 56.2 Å². The Balaban J connectivity index is 1.37. The fraction of sp³-hybridized carbons (Fsp3) is 0.394. The smallest absolute Gasteiger partial charge is 0.320 e. The highest BCUT2D eigenvalue weighted by Crippen LogP contribution is 2.33. The van der Waals surface area contributed by atoms with E-state index in [-0.39, 0.29) is 36.7 Å². The molecule has 3 aromatic rings. The number of amides is 4. The predicted octanol–water partition coefficient (Wildman–Crippen LogP) is 4.06. The number of carbonyl (C=O) groups is 4. The van der Waals surface area contributed by atoms with Crippen molar-refractivity contribution >= 4 is 46.5 Å². The van der Waals surface area contributed by atoms with E-state index in [4.69, 9.17) is 9.47 Å². The van der Waals surface area contributed by atoms with Crippen molar-refractivity contribution in [1.29, 1.82) is 0 Å². The second kappa shape index (κ2) is 15.1. The van der Waals surface area contributed by atoms with Crippen LogP contribution in [0.2, 0.25) is 0 Å². The number of nitrogens with one attached hydrogen (secondary N) is 2. The molecule has 2 aliphatic heterocycles. The minimum absolute atomic E-state index is 0.0115. The molecule has 0 bridgehead atoms. The van der Waals surface area contributed by atoms with E-state index in [2.05, 4.69) is 15.5 Å². The van der Waals surface area contributed by atoms with Gasteiger partial charge in [0.25, 0.3) is 11.8 Å². The number of ether oxygens (including phenoxy) is 2. The molecule has 0 saturated carbocycles. The maximum Gasteiger partial charge on any atom is 0.320 e. The number of hydrogen-bond acceptors (Lipinski definition) is 8. The highest BCUT2D eigenvalue weighted by molar-refractivity contribution is 7.10. The molecule has 244 valence electrons. The highest BCUT2D eigenvalue weighted by atomic mass is 32.1. The lowest BCUT2D eigenvalue weighted by atomic mass is 10.0. The van der Waals surface area contributed by atoms with Crippen LogP contribution in [0.4, 0.5) is 16.2 Å². The second-order valence-electron chi connectivity index (χ2n) is 11.4. The van der Waals surface area contributed by atoms with Gasteiger partial charge in [0.05, 0.1) is 37.1 Å². The van der Waals surface area contributed by atoms with E-state index >= 15 is 0 Å². The summed E-state index contributed by atoms with van der Waals surface area (Å²) < 4.78 is 11.1. The fourth-order valence-electron chi connectivity index (χ4n) is 5.67. The Hall–Kier alpha value is -4.62. The summed E-state index contributed by atoms with van der Waals surface area (Å²) in [6, 6.07) is 16.7. The first-order valence-electron chi connectivity index (χ1n) is 15.3. The Morgan fingerprint density at radius 3 is 2.46 bits per heavy atom. The molecule has 0 spiro atoms.